The average Bonchev–Trinajstić information content (AvgIpc) is 3.11. The number of amides is 1. The Balaban J connectivity index is 1.76. The lowest BCUT2D eigenvalue weighted by atomic mass is 10.1. The van der Waals surface area contributed by atoms with Crippen molar-refractivity contribution in [2.75, 3.05) is 31.8 Å². The summed E-state index contributed by atoms with van der Waals surface area (Å²) in [5.74, 6) is 1.16. The van der Waals surface area contributed by atoms with Gasteiger partial charge in [0, 0.05) is 13.7 Å². The molecular formula is C21H23N3O3S3. The molecule has 2 aromatic heterocycles. The third-order valence-electron chi connectivity index (χ3n) is 4.78. The zero-order chi connectivity index (χ0) is 21.1. The van der Waals surface area contributed by atoms with Crippen LogP contribution in [0.25, 0.3) is 15.9 Å². The fourth-order valence-corrected chi connectivity index (χ4v) is 6.80. The summed E-state index contributed by atoms with van der Waals surface area (Å²) < 4.78 is 7.83. The molecule has 1 aliphatic heterocycles. The number of aromatic nitrogens is 2. The number of rotatable bonds is 7. The second-order valence-electron chi connectivity index (χ2n) is 7.01. The highest BCUT2D eigenvalue weighted by Crippen LogP contribution is 2.40. The number of carbonyl (C=O) groups excluding carboxylic acids is 1. The number of hydrogen-bond donors (Lipinski definition) is 1. The molecule has 0 unspecified atom stereocenters. The van der Waals surface area contributed by atoms with E-state index >= 15 is 0 Å². The molecule has 6 nitrogen and oxygen atoms in total. The van der Waals surface area contributed by atoms with E-state index in [1.807, 2.05) is 43.0 Å². The van der Waals surface area contributed by atoms with Crippen molar-refractivity contribution in [1.82, 2.24) is 14.9 Å². The van der Waals surface area contributed by atoms with Crippen molar-refractivity contribution >= 4 is 51.0 Å². The third kappa shape index (κ3) is 4.44. The minimum absolute atomic E-state index is 0.0482. The Morgan fingerprint density at radius 2 is 2.27 bits per heavy atom. The number of aryl methyl sites for hydroxylation is 2. The quantitative estimate of drug-likeness (QED) is 0.329. The predicted molar refractivity (Wildman–Crippen MR) is 125 cm³/mol. The molecule has 9 heteroatoms. The molecule has 0 saturated carbocycles. The maximum Gasteiger partial charge on any atom is 0.267 e. The zero-order valence-electron chi connectivity index (χ0n) is 16.9. The van der Waals surface area contributed by atoms with Crippen LogP contribution in [0.3, 0.4) is 0 Å². The van der Waals surface area contributed by atoms with Gasteiger partial charge >= 0.3 is 0 Å². The molecular weight excluding hydrogens is 438 g/mol. The summed E-state index contributed by atoms with van der Waals surface area (Å²) in [6, 6.07) is 7.83. The van der Waals surface area contributed by atoms with E-state index in [1.54, 1.807) is 23.0 Å². The van der Waals surface area contributed by atoms with Crippen LogP contribution in [0, 0.1) is 6.92 Å². The Kier molecular flexibility index (Phi) is 6.82. The van der Waals surface area contributed by atoms with E-state index in [9.17, 15) is 9.59 Å². The van der Waals surface area contributed by atoms with Gasteiger partial charge < -0.3 is 10.1 Å². The fraction of sp³-hybridized carbons (Fsp3) is 0.381. The van der Waals surface area contributed by atoms with Crippen molar-refractivity contribution in [2.45, 2.75) is 29.1 Å². The van der Waals surface area contributed by atoms with Gasteiger partial charge in [-0.15, -0.1) is 23.1 Å². The van der Waals surface area contributed by atoms with E-state index in [2.05, 4.69) is 5.32 Å². The number of benzene rings is 1. The summed E-state index contributed by atoms with van der Waals surface area (Å²) in [6.45, 7) is 2.93. The minimum atomic E-state index is -0.108. The lowest BCUT2D eigenvalue weighted by molar-refractivity contribution is -0.118. The van der Waals surface area contributed by atoms with Crippen molar-refractivity contribution < 1.29 is 9.53 Å². The van der Waals surface area contributed by atoms with Crippen LogP contribution in [0.1, 0.15) is 17.5 Å². The van der Waals surface area contributed by atoms with Crippen LogP contribution in [-0.4, -0.2) is 47.2 Å². The standard InChI is InChI=1S/C21H23N3O3S3/c1-13-5-3-6-14(11-13)24-19(26)17-15-7-4-10-28-20(15)30-18(17)23-21(24)29-12-16(25)22-8-9-27-2/h3,5-6,11H,4,7-10,12H2,1-2H3,(H,22,25). The first kappa shape index (κ1) is 21.4. The number of fused-ring (bicyclic) bond motifs is 3. The van der Waals surface area contributed by atoms with E-state index in [0.29, 0.717) is 18.3 Å². The second kappa shape index (κ2) is 9.55. The van der Waals surface area contributed by atoms with Crippen LogP contribution in [0.15, 0.2) is 38.4 Å². The highest BCUT2D eigenvalue weighted by Gasteiger charge is 2.23. The third-order valence-corrected chi connectivity index (χ3v) is 8.25. The predicted octanol–water partition coefficient (Wildman–Crippen LogP) is 3.65. The number of methoxy groups -OCH3 is 1. The Morgan fingerprint density at radius 3 is 3.07 bits per heavy atom. The molecule has 4 rings (SSSR count). The topological polar surface area (TPSA) is 73.2 Å². The lowest BCUT2D eigenvalue weighted by Crippen LogP contribution is -2.29. The van der Waals surface area contributed by atoms with Crippen molar-refractivity contribution in [3.8, 4) is 5.69 Å². The number of thiophene rings is 1. The van der Waals surface area contributed by atoms with Gasteiger partial charge in [-0.05, 0) is 48.8 Å². The number of nitrogens with zero attached hydrogens (tertiary/aromatic N) is 2. The SMILES string of the molecule is COCCNC(=O)CSc1nc2sc3c(c2c(=O)n1-c1cccc(C)c1)CCCS3. The molecule has 1 aliphatic rings. The smallest absolute Gasteiger partial charge is 0.267 e. The first-order chi connectivity index (χ1) is 14.6. The molecule has 1 aromatic carbocycles. The first-order valence-corrected chi connectivity index (χ1v) is 12.5. The summed E-state index contributed by atoms with van der Waals surface area (Å²) in [7, 11) is 1.60. The molecule has 3 heterocycles. The number of carbonyl (C=O) groups is 1. The van der Waals surface area contributed by atoms with Crippen LogP contribution < -0.4 is 10.9 Å². The fourth-order valence-electron chi connectivity index (χ4n) is 3.39. The van der Waals surface area contributed by atoms with E-state index < -0.39 is 0 Å². The van der Waals surface area contributed by atoms with Gasteiger partial charge in [0.05, 0.1) is 27.6 Å². The first-order valence-electron chi connectivity index (χ1n) is 9.75. The van der Waals surface area contributed by atoms with Crippen molar-refractivity contribution in [1.29, 1.82) is 0 Å². The Morgan fingerprint density at radius 1 is 1.40 bits per heavy atom. The van der Waals surface area contributed by atoms with Crippen LogP contribution in [0.2, 0.25) is 0 Å². The largest absolute Gasteiger partial charge is 0.383 e. The van der Waals surface area contributed by atoms with Crippen molar-refractivity contribution in [3.05, 3.63) is 45.7 Å². The molecule has 30 heavy (non-hydrogen) atoms. The molecule has 0 bridgehead atoms. The molecule has 158 valence electrons. The maximum atomic E-state index is 13.6. The maximum absolute atomic E-state index is 13.6. The molecule has 0 radical (unpaired) electrons. The van der Waals surface area contributed by atoms with E-state index in [1.165, 1.54) is 16.0 Å². The molecule has 0 saturated heterocycles. The van der Waals surface area contributed by atoms with Gasteiger partial charge in [0.1, 0.15) is 4.83 Å². The molecule has 0 spiro atoms. The molecule has 0 aliphatic carbocycles. The van der Waals surface area contributed by atoms with Gasteiger partial charge in [0.25, 0.3) is 5.56 Å². The normalized spacial score (nSPS) is 13.4. The average molecular weight is 462 g/mol. The molecule has 1 N–H and O–H groups in total. The summed E-state index contributed by atoms with van der Waals surface area (Å²) in [5, 5.41) is 4.09. The van der Waals surface area contributed by atoms with Crippen LogP contribution in [0.5, 0.6) is 0 Å². The lowest BCUT2D eigenvalue weighted by Gasteiger charge is -2.14. The zero-order valence-corrected chi connectivity index (χ0v) is 19.3. The van der Waals surface area contributed by atoms with Crippen LogP contribution in [-0.2, 0) is 16.0 Å². The highest BCUT2D eigenvalue weighted by molar-refractivity contribution is 8.01. The number of thioether (sulfide) groups is 2. The monoisotopic (exact) mass is 461 g/mol. The minimum Gasteiger partial charge on any atom is -0.383 e. The van der Waals surface area contributed by atoms with E-state index in [-0.39, 0.29) is 17.2 Å². The Hall–Kier alpha value is -1.81. The Labute approximate surface area is 187 Å². The van der Waals surface area contributed by atoms with E-state index in [0.717, 1.165) is 45.6 Å². The molecule has 1 amide bonds. The van der Waals surface area contributed by atoms with Gasteiger partial charge in [-0.2, -0.15) is 0 Å². The summed E-state index contributed by atoms with van der Waals surface area (Å²) in [6.07, 6.45) is 1.99. The van der Waals surface area contributed by atoms with Crippen molar-refractivity contribution in [2.24, 2.45) is 0 Å². The number of ether oxygens (including phenoxy) is 1. The molecule has 0 fully saturated rings. The van der Waals surface area contributed by atoms with Gasteiger partial charge in [0.15, 0.2) is 5.16 Å². The summed E-state index contributed by atoms with van der Waals surface area (Å²) in [4.78, 5) is 31.4. The van der Waals surface area contributed by atoms with Crippen molar-refractivity contribution in [3.63, 3.8) is 0 Å². The van der Waals surface area contributed by atoms with E-state index in [4.69, 9.17) is 9.72 Å². The van der Waals surface area contributed by atoms with Gasteiger partial charge in [0.2, 0.25) is 5.91 Å². The number of hydrogen-bond acceptors (Lipinski definition) is 7. The molecule has 3 aromatic rings. The Bertz CT molecular complexity index is 1140. The highest BCUT2D eigenvalue weighted by atomic mass is 32.2. The van der Waals surface area contributed by atoms with Crippen LogP contribution in [0.4, 0.5) is 0 Å². The molecule has 0 atom stereocenters. The van der Waals surface area contributed by atoms with Gasteiger partial charge in [-0.3, -0.25) is 14.2 Å². The van der Waals surface area contributed by atoms with Gasteiger partial charge in [-0.1, -0.05) is 23.9 Å². The summed E-state index contributed by atoms with van der Waals surface area (Å²) in [5.41, 5.74) is 2.93. The van der Waals surface area contributed by atoms with Gasteiger partial charge in [-0.25, -0.2) is 4.98 Å². The second-order valence-corrected chi connectivity index (χ2v) is 10.3. The van der Waals surface area contributed by atoms with Crippen LogP contribution >= 0.6 is 34.9 Å². The number of nitrogens with one attached hydrogen (secondary N) is 1. The summed E-state index contributed by atoms with van der Waals surface area (Å²) >= 11 is 4.69.